The number of amides is 2. The van der Waals surface area contributed by atoms with Crippen LogP contribution in [0.1, 0.15) is 44.9 Å². The number of carbonyl (C=O) groups is 4. The molecule has 0 aliphatic carbocycles. The molecule has 0 saturated heterocycles. The number of ketones is 1. The number of carbonyl (C=O) groups excluding carboxylic acids is 4. The maximum absolute atomic E-state index is 12.4. The Morgan fingerprint density at radius 1 is 0.920 bits per heavy atom. The van der Waals surface area contributed by atoms with Gasteiger partial charge in [0.15, 0.2) is 5.78 Å². The first-order chi connectivity index (χ1) is 11.9. The van der Waals surface area contributed by atoms with Crippen LogP contribution in [0, 0.1) is 0 Å². The molecule has 6 heteroatoms. The van der Waals surface area contributed by atoms with Crippen molar-refractivity contribution >= 4 is 23.6 Å². The second kappa shape index (κ2) is 6.32. The Hall–Kier alpha value is -3.28. The molecule has 0 aromatic heterocycles. The molecule has 0 saturated carbocycles. The van der Waals surface area contributed by atoms with Crippen molar-refractivity contribution in [3.8, 4) is 5.75 Å². The van der Waals surface area contributed by atoms with Gasteiger partial charge in [-0.05, 0) is 50.2 Å². The third-order valence-electron chi connectivity index (χ3n) is 4.03. The summed E-state index contributed by atoms with van der Waals surface area (Å²) in [4.78, 5) is 49.2. The van der Waals surface area contributed by atoms with Gasteiger partial charge in [-0.1, -0.05) is 12.1 Å². The highest BCUT2D eigenvalue weighted by Crippen LogP contribution is 2.25. The Kier molecular flexibility index (Phi) is 4.19. The fraction of sp³-hybridized carbons (Fsp3) is 0.158. The third-order valence-corrected chi connectivity index (χ3v) is 4.03. The molecular weight excluding hydrogens is 322 g/mol. The number of nitrogens with zero attached hydrogens (tertiary/aromatic N) is 1. The second-order valence-corrected chi connectivity index (χ2v) is 5.70. The third kappa shape index (κ3) is 2.94. The Bertz CT molecular complexity index is 850. The minimum absolute atomic E-state index is 0.0998. The van der Waals surface area contributed by atoms with E-state index in [2.05, 4.69) is 0 Å². The lowest BCUT2D eigenvalue weighted by Gasteiger charge is -2.20. The van der Waals surface area contributed by atoms with Crippen LogP contribution in [0.4, 0.5) is 0 Å². The van der Waals surface area contributed by atoms with Gasteiger partial charge in [0.1, 0.15) is 11.8 Å². The predicted molar refractivity (Wildman–Crippen MR) is 88.5 cm³/mol. The highest BCUT2D eigenvalue weighted by atomic mass is 16.5. The van der Waals surface area contributed by atoms with E-state index in [1.54, 1.807) is 24.3 Å². The number of Topliss-reactive ketones (excluding diaryl/α,β-unsaturated/α-hetero) is 1. The number of fused-ring (bicyclic) bond motifs is 1. The molecule has 0 N–H and O–H groups in total. The largest absolute Gasteiger partial charge is 0.425 e. The standard InChI is InChI=1S/C19H15NO5/c1-11(19(24)25-14-9-7-13(8-10-14)12(2)21)20-17(22)15-5-3-4-6-16(15)18(20)23/h3-11H,1-2H3/t11-/m0/s1. The molecule has 2 aromatic carbocycles. The summed E-state index contributed by atoms with van der Waals surface area (Å²) in [7, 11) is 0. The zero-order valence-corrected chi connectivity index (χ0v) is 13.7. The Morgan fingerprint density at radius 3 is 1.92 bits per heavy atom. The van der Waals surface area contributed by atoms with Crippen molar-refractivity contribution in [3.05, 3.63) is 65.2 Å². The van der Waals surface area contributed by atoms with Gasteiger partial charge >= 0.3 is 5.97 Å². The maximum atomic E-state index is 12.4. The predicted octanol–water partition coefficient (Wildman–Crippen LogP) is 2.48. The van der Waals surface area contributed by atoms with Crippen LogP contribution in [0.2, 0.25) is 0 Å². The summed E-state index contributed by atoms with van der Waals surface area (Å²) in [5.74, 6) is -1.63. The highest BCUT2D eigenvalue weighted by molar-refractivity contribution is 6.22. The summed E-state index contributed by atoms with van der Waals surface area (Å²) < 4.78 is 5.22. The molecule has 6 nitrogen and oxygen atoms in total. The number of ether oxygens (including phenoxy) is 1. The maximum Gasteiger partial charge on any atom is 0.334 e. The summed E-state index contributed by atoms with van der Waals surface area (Å²) in [6.07, 6.45) is 0. The van der Waals surface area contributed by atoms with Gasteiger partial charge in [0.2, 0.25) is 0 Å². The zero-order chi connectivity index (χ0) is 18.1. The molecule has 1 aliphatic rings. The molecular formula is C19H15NO5. The molecule has 0 fully saturated rings. The number of hydrogen-bond acceptors (Lipinski definition) is 5. The summed E-state index contributed by atoms with van der Waals surface area (Å²) >= 11 is 0. The monoisotopic (exact) mass is 337 g/mol. The molecule has 0 radical (unpaired) electrons. The van der Waals surface area contributed by atoms with E-state index in [9.17, 15) is 19.2 Å². The molecule has 25 heavy (non-hydrogen) atoms. The van der Waals surface area contributed by atoms with Crippen LogP contribution in [0.3, 0.4) is 0 Å². The SMILES string of the molecule is CC(=O)c1ccc(OC(=O)[C@H](C)N2C(=O)c3ccccc3C2=O)cc1. The van der Waals surface area contributed by atoms with Crippen molar-refractivity contribution in [3.63, 3.8) is 0 Å². The molecule has 1 heterocycles. The van der Waals surface area contributed by atoms with E-state index in [1.165, 1.54) is 38.1 Å². The van der Waals surface area contributed by atoms with Crippen molar-refractivity contribution in [2.45, 2.75) is 19.9 Å². The first-order valence-corrected chi connectivity index (χ1v) is 7.69. The minimum Gasteiger partial charge on any atom is -0.425 e. The number of hydrogen-bond donors (Lipinski definition) is 0. The molecule has 1 atom stereocenters. The molecule has 2 amide bonds. The van der Waals surface area contributed by atoms with Gasteiger partial charge in [0.25, 0.3) is 11.8 Å². The molecule has 0 unspecified atom stereocenters. The normalized spacial score (nSPS) is 14.2. The molecule has 0 spiro atoms. The van der Waals surface area contributed by atoms with E-state index in [1.807, 2.05) is 0 Å². The summed E-state index contributed by atoms with van der Waals surface area (Å²) in [5, 5.41) is 0. The van der Waals surface area contributed by atoms with Crippen molar-refractivity contribution in [1.82, 2.24) is 4.90 Å². The van der Waals surface area contributed by atoms with Crippen LogP contribution in [0.5, 0.6) is 5.75 Å². The van der Waals surface area contributed by atoms with Gasteiger partial charge < -0.3 is 4.74 Å². The quantitative estimate of drug-likeness (QED) is 0.370. The summed E-state index contributed by atoms with van der Waals surface area (Å²) in [6.45, 7) is 2.87. The van der Waals surface area contributed by atoms with Crippen LogP contribution >= 0.6 is 0 Å². The second-order valence-electron chi connectivity index (χ2n) is 5.70. The van der Waals surface area contributed by atoms with Gasteiger partial charge in [-0.25, -0.2) is 4.79 Å². The Balaban J connectivity index is 1.76. The molecule has 1 aliphatic heterocycles. The first kappa shape index (κ1) is 16.6. The fourth-order valence-corrected chi connectivity index (χ4v) is 2.62. The van der Waals surface area contributed by atoms with Crippen LogP contribution in [0.15, 0.2) is 48.5 Å². The smallest absolute Gasteiger partial charge is 0.334 e. The molecule has 0 bridgehead atoms. The Morgan fingerprint density at radius 2 is 1.44 bits per heavy atom. The fourth-order valence-electron chi connectivity index (χ4n) is 2.62. The first-order valence-electron chi connectivity index (χ1n) is 7.69. The summed E-state index contributed by atoms with van der Waals surface area (Å²) in [5.41, 5.74) is 1.05. The van der Waals surface area contributed by atoms with E-state index in [4.69, 9.17) is 4.74 Å². The van der Waals surface area contributed by atoms with Gasteiger partial charge in [0, 0.05) is 5.56 Å². The van der Waals surface area contributed by atoms with Crippen LogP contribution in [0.25, 0.3) is 0 Å². The van der Waals surface area contributed by atoms with E-state index >= 15 is 0 Å². The van der Waals surface area contributed by atoms with Gasteiger partial charge in [-0.3, -0.25) is 19.3 Å². The van der Waals surface area contributed by atoms with E-state index in [-0.39, 0.29) is 22.7 Å². The van der Waals surface area contributed by atoms with E-state index in [0.29, 0.717) is 5.56 Å². The lowest BCUT2D eigenvalue weighted by Crippen LogP contribution is -2.44. The van der Waals surface area contributed by atoms with Gasteiger partial charge in [-0.2, -0.15) is 0 Å². The van der Waals surface area contributed by atoms with Crippen LogP contribution < -0.4 is 4.74 Å². The molecule has 3 rings (SSSR count). The number of esters is 1. The Labute approximate surface area is 144 Å². The highest BCUT2D eigenvalue weighted by Gasteiger charge is 2.41. The van der Waals surface area contributed by atoms with Gasteiger partial charge in [0.05, 0.1) is 11.1 Å². The van der Waals surface area contributed by atoms with E-state index in [0.717, 1.165) is 4.90 Å². The molecule has 2 aromatic rings. The van der Waals surface area contributed by atoms with Gasteiger partial charge in [-0.15, -0.1) is 0 Å². The van der Waals surface area contributed by atoms with Crippen molar-refractivity contribution in [2.24, 2.45) is 0 Å². The molecule has 126 valence electrons. The average Bonchev–Trinajstić information content (AvgIpc) is 2.86. The lowest BCUT2D eigenvalue weighted by molar-refractivity contribution is -0.138. The minimum atomic E-state index is -1.07. The number of imide groups is 1. The lowest BCUT2D eigenvalue weighted by atomic mass is 10.1. The van der Waals surface area contributed by atoms with Crippen LogP contribution in [-0.2, 0) is 4.79 Å². The van der Waals surface area contributed by atoms with Crippen molar-refractivity contribution in [2.75, 3.05) is 0 Å². The zero-order valence-electron chi connectivity index (χ0n) is 13.7. The van der Waals surface area contributed by atoms with E-state index < -0.39 is 23.8 Å². The van der Waals surface area contributed by atoms with Crippen molar-refractivity contribution in [1.29, 1.82) is 0 Å². The van der Waals surface area contributed by atoms with Crippen LogP contribution in [-0.4, -0.2) is 34.5 Å². The summed E-state index contributed by atoms with van der Waals surface area (Å²) in [6, 6.07) is 11.4. The van der Waals surface area contributed by atoms with Crippen molar-refractivity contribution < 1.29 is 23.9 Å². The number of benzene rings is 2. The average molecular weight is 337 g/mol. The number of rotatable bonds is 4. The topological polar surface area (TPSA) is 80.8 Å².